The number of benzene rings is 2. The molecule has 2 aromatic carbocycles. The van der Waals surface area contributed by atoms with Crippen molar-refractivity contribution < 1.29 is 18.7 Å². The first-order chi connectivity index (χ1) is 15.6. The van der Waals surface area contributed by atoms with Crippen LogP contribution in [-0.2, 0) is 4.79 Å². The second-order valence-electron chi connectivity index (χ2n) is 7.03. The lowest BCUT2D eigenvalue weighted by Gasteiger charge is -2.18. The maximum absolute atomic E-state index is 12.7. The fourth-order valence-electron chi connectivity index (χ4n) is 3.35. The number of furan rings is 1. The number of nitrogens with zero attached hydrogens (tertiary/aromatic N) is 2. The summed E-state index contributed by atoms with van der Waals surface area (Å²) >= 11 is 1.36. The zero-order valence-electron chi connectivity index (χ0n) is 18.0. The van der Waals surface area contributed by atoms with Crippen molar-refractivity contribution in [2.24, 2.45) is 0 Å². The maximum Gasteiger partial charge on any atom is 0.230 e. The third-order valence-corrected chi connectivity index (χ3v) is 5.92. The van der Waals surface area contributed by atoms with Gasteiger partial charge in [-0.05, 0) is 43.3 Å². The number of fused-ring (bicyclic) bond motifs is 1. The van der Waals surface area contributed by atoms with E-state index in [2.05, 4.69) is 15.3 Å². The summed E-state index contributed by atoms with van der Waals surface area (Å²) in [5.41, 5.74) is 1.64. The highest BCUT2D eigenvalue weighted by atomic mass is 32.2. The van der Waals surface area contributed by atoms with Crippen LogP contribution in [0.2, 0.25) is 0 Å². The molecule has 0 fully saturated rings. The Labute approximate surface area is 190 Å². The molecule has 0 bridgehead atoms. The Morgan fingerprint density at radius 3 is 2.69 bits per heavy atom. The molecular formula is C24H23N3O4S. The van der Waals surface area contributed by atoms with Crippen LogP contribution in [-0.4, -0.2) is 35.8 Å². The molecule has 8 heteroatoms. The zero-order valence-corrected chi connectivity index (χ0v) is 18.8. The van der Waals surface area contributed by atoms with Crippen molar-refractivity contribution in [3.8, 4) is 23.1 Å². The van der Waals surface area contributed by atoms with Gasteiger partial charge in [-0.15, -0.1) is 0 Å². The Morgan fingerprint density at radius 1 is 1.09 bits per heavy atom. The maximum atomic E-state index is 12.7. The van der Waals surface area contributed by atoms with Gasteiger partial charge >= 0.3 is 0 Å². The van der Waals surface area contributed by atoms with Gasteiger partial charge in [0.15, 0.2) is 11.6 Å². The molecule has 4 rings (SSSR count). The summed E-state index contributed by atoms with van der Waals surface area (Å²) in [7, 11) is 3.21. The number of ether oxygens (including phenoxy) is 2. The first-order valence-corrected chi connectivity index (χ1v) is 11.0. The van der Waals surface area contributed by atoms with E-state index in [9.17, 15) is 4.79 Å². The molecular weight excluding hydrogens is 426 g/mol. The van der Waals surface area contributed by atoms with Gasteiger partial charge in [0.1, 0.15) is 16.5 Å². The highest BCUT2D eigenvalue weighted by Crippen LogP contribution is 2.31. The molecule has 1 amide bonds. The van der Waals surface area contributed by atoms with E-state index in [4.69, 9.17) is 13.9 Å². The number of para-hydroxylation sites is 1. The molecule has 2 aromatic heterocycles. The van der Waals surface area contributed by atoms with E-state index in [1.54, 1.807) is 26.5 Å². The van der Waals surface area contributed by atoms with Crippen LogP contribution in [0.25, 0.3) is 22.5 Å². The highest BCUT2D eigenvalue weighted by Gasteiger charge is 2.17. The third kappa shape index (κ3) is 4.70. The Kier molecular flexibility index (Phi) is 6.61. The molecule has 32 heavy (non-hydrogen) atoms. The number of hydrogen-bond acceptors (Lipinski definition) is 7. The summed E-state index contributed by atoms with van der Waals surface area (Å²) in [4.78, 5) is 22.0. The lowest BCUT2D eigenvalue weighted by molar-refractivity contribution is -0.119. The first kappa shape index (κ1) is 21.7. The second kappa shape index (κ2) is 9.74. The average molecular weight is 450 g/mol. The molecule has 0 aliphatic heterocycles. The predicted octanol–water partition coefficient (Wildman–Crippen LogP) is 4.88. The first-order valence-electron chi connectivity index (χ1n) is 10.0. The lowest BCUT2D eigenvalue weighted by Crippen LogP contribution is -2.28. The molecule has 4 aromatic rings. The SMILES string of the molecule is COc1ccc(OC)c(C(C)NC(=O)CSc2nc(-c3ccco3)nc3ccccc23)c1. The van der Waals surface area contributed by atoms with Gasteiger partial charge < -0.3 is 19.2 Å². The van der Waals surface area contributed by atoms with Gasteiger partial charge in [-0.3, -0.25) is 4.79 Å². The number of carbonyl (C=O) groups excluding carboxylic acids is 1. The van der Waals surface area contributed by atoms with E-state index in [0.717, 1.165) is 21.5 Å². The van der Waals surface area contributed by atoms with Gasteiger partial charge in [-0.2, -0.15) is 0 Å². The smallest absolute Gasteiger partial charge is 0.230 e. The third-order valence-electron chi connectivity index (χ3n) is 4.93. The molecule has 0 radical (unpaired) electrons. The van der Waals surface area contributed by atoms with Crippen molar-refractivity contribution in [1.29, 1.82) is 0 Å². The minimum atomic E-state index is -0.256. The Bertz CT molecular complexity index is 1230. The van der Waals surface area contributed by atoms with Crippen molar-refractivity contribution in [3.63, 3.8) is 0 Å². The van der Waals surface area contributed by atoms with Gasteiger partial charge in [0.05, 0.1) is 37.8 Å². The number of nitrogens with one attached hydrogen (secondary N) is 1. The number of carbonyl (C=O) groups is 1. The predicted molar refractivity (Wildman–Crippen MR) is 124 cm³/mol. The van der Waals surface area contributed by atoms with Crippen LogP contribution in [0.15, 0.2) is 70.3 Å². The molecule has 1 N–H and O–H groups in total. The summed E-state index contributed by atoms with van der Waals surface area (Å²) in [6.07, 6.45) is 1.59. The molecule has 7 nitrogen and oxygen atoms in total. The number of hydrogen-bond donors (Lipinski definition) is 1. The van der Waals surface area contributed by atoms with Crippen molar-refractivity contribution in [2.45, 2.75) is 18.0 Å². The Morgan fingerprint density at radius 2 is 1.94 bits per heavy atom. The van der Waals surface area contributed by atoms with E-state index in [1.807, 2.05) is 55.5 Å². The van der Waals surface area contributed by atoms with Crippen LogP contribution < -0.4 is 14.8 Å². The Hall–Kier alpha value is -3.52. The molecule has 0 saturated carbocycles. The highest BCUT2D eigenvalue weighted by molar-refractivity contribution is 8.00. The van der Waals surface area contributed by atoms with E-state index >= 15 is 0 Å². The fraction of sp³-hybridized carbons (Fsp3) is 0.208. The number of aromatic nitrogens is 2. The van der Waals surface area contributed by atoms with Gasteiger partial charge in [0.25, 0.3) is 0 Å². The summed E-state index contributed by atoms with van der Waals surface area (Å²) in [5.74, 6) is 2.56. The van der Waals surface area contributed by atoms with E-state index < -0.39 is 0 Å². The minimum Gasteiger partial charge on any atom is -0.497 e. The molecule has 0 aliphatic carbocycles. The van der Waals surface area contributed by atoms with Crippen LogP contribution >= 0.6 is 11.8 Å². The summed E-state index contributed by atoms with van der Waals surface area (Å²) in [6, 6.07) is 16.6. The van der Waals surface area contributed by atoms with Crippen molar-refractivity contribution in [3.05, 3.63) is 66.4 Å². The standard InChI is InChI=1S/C24H23N3O4S/c1-15(18-13-16(29-2)10-11-20(18)30-3)25-22(28)14-32-24-17-7-4-5-8-19(17)26-23(27-24)21-9-6-12-31-21/h4-13,15H,14H2,1-3H3,(H,25,28). The Balaban J connectivity index is 1.51. The number of amides is 1. The average Bonchev–Trinajstić information content (AvgIpc) is 3.37. The van der Waals surface area contributed by atoms with Crippen LogP contribution in [0.3, 0.4) is 0 Å². The van der Waals surface area contributed by atoms with Crippen molar-refractivity contribution >= 4 is 28.6 Å². The normalized spacial score (nSPS) is 11.8. The largest absolute Gasteiger partial charge is 0.497 e. The van der Waals surface area contributed by atoms with Gasteiger partial charge in [-0.1, -0.05) is 30.0 Å². The lowest BCUT2D eigenvalue weighted by atomic mass is 10.1. The molecule has 1 unspecified atom stereocenters. The quantitative estimate of drug-likeness (QED) is 0.303. The van der Waals surface area contributed by atoms with Crippen molar-refractivity contribution in [2.75, 3.05) is 20.0 Å². The summed E-state index contributed by atoms with van der Waals surface area (Å²) in [5, 5.41) is 4.64. The number of thioether (sulfide) groups is 1. The van der Waals surface area contributed by atoms with Crippen LogP contribution in [0, 0.1) is 0 Å². The van der Waals surface area contributed by atoms with E-state index in [-0.39, 0.29) is 17.7 Å². The molecule has 0 aliphatic rings. The van der Waals surface area contributed by atoms with Gasteiger partial charge in [0, 0.05) is 10.9 Å². The number of methoxy groups -OCH3 is 2. The van der Waals surface area contributed by atoms with E-state index in [1.165, 1.54) is 11.8 Å². The molecule has 1 atom stereocenters. The van der Waals surface area contributed by atoms with Crippen LogP contribution in [0.4, 0.5) is 0 Å². The van der Waals surface area contributed by atoms with Gasteiger partial charge in [-0.25, -0.2) is 9.97 Å². The number of rotatable bonds is 8. The molecule has 0 spiro atoms. The second-order valence-corrected chi connectivity index (χ2v) is 8.00. The topological polar surface area (TPSA) is 86.5 Å². The fourth-order valence-corrected chi connectivity index (χ4v) is 4.18. The summed E-state index contributed by atoms with van der Waals surface area (Å²) in [6.45, 7) is 1.91. The monoisotopic (exact) mass is 449 g/mol. The van der Waals surface area contributed by atoms with E-state index in [0.29, 0.717) is 23.1 Å². The minimum absolute atomic E-state index is 0.116. The molecule has 2 heterocycles. The van der Waals surface area contributed by atoms with Gasteiger partial charge in [0.2, 0.25) is 5.91 Å². The van der Waals surface area contributed by atoms with Crippen LogP contribution in [0.5, 0.6) is 11.5 Å². The molecule has 0 saturated heterocycles. The molecule has 164 valence electrons. The van der Waals surface area contributed by atoms with Crippen molar-refractivity contribution in [1.82, 2.24) is 15.3 Å². The van der Waals surface area contributed by atoms with Crippen LogP contribution in [0.1, 0.15) is 18.5 Å². The summed E-state index contributed by atoms with van der Waals surface area (Å²) < 4.78 is 16.2. The zero-order chi connectivity index (χ0) is 22.5.